The first-order chi connectivity index (χ1) is 11.7. The van der Waals surface area contributed by atoms with Gasteiger partial charge in [-0.05, 0) is 42.4 Å². The third kappa shape index (κ3) is 2.45. The lowest BCUT2D eigenvalue weighted by atomic mass is 9.89. The molecule has 0 fully saturated rings. The van der Waals surface area contributed by atoms with Gasteiger partial charge in [-0.15, -0.1) is 0 Å². The second-order valence-corrected chi connectivity index (χ2v) is 6.61. The summed E-state index contributed by atoms with van der Waals surface area (Å²) in [6.45, 7) is 0.557. The molecular formula is C19H22N4O. The van der Waals surface area contributed by atoms with E-state index in [2.05, 4.69) is 29.2 Å². The van der Waals surface area contributed by atoms with Gasteiger partial charge in [-0.1, -0.05) is 24.3 Å². The van der Waals surface area contributed by atoms with E-state index in [0.717, 1.165) is 60.0 Å². The fourth-order valence-electron chi connectivity index (χ4n) is 3.77. The zero-order valence-corrected chi connectivity index (χ0v) is 13.9. The van der Waals surface area contributed by atoms with E-state index >= 15 is 0 Å². The van der Waals surface area contributed by atoms with Crippen molar-refractivity contribution in [3.05, 3.63) is 62.6 Å². The Kier molecular flexibility index (Phi) is 3.73. The molecular weight excluding hydrogens is 300 g/mol. The van der Waals surface area contributed by atoms with Crippen LogP contribution in [0.2, 0.25) is 0 Å². The summed E-state index contributed by atoms with van der Waals surface area (Å²) in [5.41, 5.74) is 12.1. The maximum atomic E-state index is 12.4. The Hall–Kier alpha value is -2.40. The zero-order valence-electron chi connectivity index (χ0n) is 13.9. The smallest absolute Gasteiger partial charge is 0.253 e. The van der Waals surface area contributed by atoms with E-state index in [4.69, 9.17) is 10.8 Å². The molecule has 0 saturated carbocycles. The third-order valence-corrected chi connectivity index (χ3v) is 5.03. The number of aryl methyl sites for hydroxylation is 2. The Balaban J connectivity index is 1.84. The van der Waals surface area contributed by atoms with Gasteiger partial charge in [0.2, 0.25) is 0 Å². The Labute approximate surface area is 140 Å². The predicted octanol–water partition coefficient (Wildman–Crippen LogP) is 2.19. The quantitative estimate of drug-likeness (QED) is 0.776. The maximum Gasteiger partial charge on any atom is 0.253 e. The fourth-order valence-corrected chi connectivity index (χ4v) is 3.77. The molecule has 0 spiro atoms. The highest BCUT2D eigenvalue weighted by Gasteiger charge is 2.21. The molecule has 0 aliphatic heterocycles. The van der Waals surface area contributed by atoms with Crippen LogP contribution in [0, 0.1) is 0 Å². The summed E-state index contributed by atoms with van der Waals surface area (Å²) in [5, 5.41) is 5.85. The molecule has 1 aliphatic rings. The van der Waals surface area contributed by atoms with Crippen molar-refractivity contribution in [3.63, 3.8) is 0 Å². The highest BCUT2D eigenvalue weighted by molar-refractivity contribution is 5.84. The van der Waals surface area contributed by atoms with Crippen molar-refractivity contribution in [1.82, 2.24) is 14.8 Å². The van der Waals surface area contributed by atoms with Crippen molar-refractivity contribution in [2.75, 3.05) is 0 Å². The molecule has 1 aliphatic carbocycles. The summed E-state index contributed by atoms with van der Waals surface area (Å²) in [7, 11) is 1.90. The minimum atomic E-state index is 0.0547. The molecule has 0 amide bonds. The van der Waals surface area contributed by atoms with Crippen LogP contribution in [0.1, 0.15) is 40.8 Å². The minimum absolute atomic E-state index is 0.0547. The molecule has 2 heterocycles. The van der Waals surface area contributed by atoms with E-state index in [1.165, 1.54) is 11.1 Å². The van der Waals surface area contributed by atoms with Gasteiger partial charge in [-0.25, -0.2) is 0 Å². The minimum Gasteiger partial charge on any atom is -0.326 e. The van der Waals surface area contributed by atoms with Crippen molar-refractivity contribution >= 4 is 11.0 Å². The summed E-state index contributed by atoms with van der Waals surface area (Å²) in [5.74, 6) is 0. The van der Waals surface area contributed by atoms with Crippen LogP contribution in [-0.4, -0.2) is 14.8 Å². The number of nitrogens with zero attached hydrogens (tertiary/aromatic N) is 2. The Morgan fingerprint density at radius 2 is 1.79 bits per heavy atom. The van der Waals surface area contributed by atoms with E-state index in [-0.39, 0.29) is 5.56 Å². The summed E-state index contributed by atoms with van der Waals surface area (Å²) < 4.78 is 1.80. The Bertz CT molecular complexity index is 950. The number of aromatic nitrogens is 3. The molecule has 4 rings (SSSR count). The zero-order chi connectivity index (χ0) is 16.7. The van der Waals surface area contributed by atoms with Gasteiger partial charge in [0.15, 0.2) is 0 Å². The van der Waals surface area contributed by atoms with Crippen LogP contribution in [-0.2, 0) is 32.9 Å². The largest absolute Gasteiger partial charge is 0.326 e. The van der Waals surface area contributed by atoms with Crippen LogP contribution < -0.4 is 11.3 Å². The van der Waals surface area contributed by atoms with E-state index in [9.17, 15) is 4.79 Å². The summed E-state index contributed by atoms with van der Waals surface area (Å²) in [6, 6.07) is 8.36. The van der Waals surface area contributed by atoms with Gasteiger partial charge in [0, 0.05) is 31.0 Å². The van der Waals surface area contributed by atoms with Gasteiger partial charge in [0.25, 0.3) is 5.56 Å². The first-order valence-corrected chi connectivity index (χ1v) is 8.55. The molecule has 124 valence electrons. The topological polar surface area (TPSA) is 76.7 Å². The van der Waals surface area contributed by atoms with Crippen molar-refractivity contribution < 1.29 is 0 Å². The van der Waals surface area contributed by atoms with Gasteiger partial charge >= 0.3 is 0 Å². The van der Waals surface area contributed by atoms with E-state index in [1.807, 2.05) is 7.05 Å². The summed E-state index contributed by atoms with van der Waals surface area (Å²) in [4.78, 5) is 15.4. The van der Waals surface area contributed by atoms with Gasteiger partial charge < -0.3 is 10.7 Å². The molecule has 3 N–H and O–H groups in total. The molecule has 1 aromatic carbocycles. The number of aromatic amines is 1. The average Bonchev–Trinajstić information content (AvgIpc) is 2.91. The molecule has 2 aromatic heterocycles. The first kappa shape index (κ1) is 15.1. The predicted molar refractivity (Wildman–Crippen MR) is 95.1 cm³/mol. The second-order valence-electron chi connectivity index (χ2n) is 6.61. The van der Waals surface area contributed by atoms with Gasteiger partial charge in [0.05, 0.1) is 5.69 Å². The van der Waals surface area contributed by atoms with Crippen molar-refractivity contribution in [3.8, 4) is 0 Å². The molecule has 5 heteroatoms. The van der Waals surface area contributed by atoms with Crippen LogP contribution in [0.4, 0.5) is 0 Å². The van der Waals surface area contributed by atoms with E-state index in [0.29, 0.717) is 6.54 Å². The number of nitrogens with two attached hydrogens (primary N) is 1. The highest BCUT2D eigenvalue weighted by atomic mass is 16.1. The Morgan fingerprint density at radius 1 is 1.12 bits per heavy atom. The van der Waals surface area contributed by atoms with Crippen molar-refractivity contribution in [2.24, 2.45) is 12.8 Å². The molecule has 0 atom stereocenters. The molecule has 5 nitrogen and oxygen atoms in total. The van der Waals surface area contributed by atoms with Gasteiger partial charge in [0.1, 0.15) is 5.65 Å². The van der Waals surface area contributed by atoms with Crippen molar-refractivity contribution in [2.45, 2.75) is 38.6 Å². The van der Waals surface area contributed by atoms with Gasteiger partial charge in [-0.3, -0.25) is 9.48 Å². The standard InChI is InChI=1S/C19H22N4O/c1-23-18-17(14-4-2-3-5-15(14)19(24)21-18)16(22-23)10-12-6-8-13(11-20)9-7-12/h6-9H,2-5,10-11,20H2,1H3,(H,21,24). The first-order valence-electron chi connectivity index (χ1n) is 8.55. The monoisotopic (exact) mass is 322 g/mol. The summed E-state index contributed by atoms with van der Waals surface area (Å²) in [6.07, 6.45) is 4.85. The van der Waals surface area contributed by atoms with Crippen LogP contribution in [0.15, 0.2) is 29.1 Å². The number of fused-ring (bicyclic) bond motifs is 3. The average molecular weight is 322 g/mol. The molecule has 3 aromatic rings. The fraction of sp³-hybridized carbons (Fsp3) is 0.368. The lowest BCUT2D eigenvalue weighted by molar-refractivity contribution is 0.681. The number of nitrogens with one attached hydrogen (secondary N) is 1. The van der Waals surface area contributed by atoms with Crippen LogP contribution in [0.3, 0.4) is 0 Å². The number of H-pyrrole nitrogens is 1. The molecule has 0 unspecified atom stereocenters. The molecule has 0 saturated heterocycles. The van der Waals surface area contributed by atoms with Crippen LogP contribution in [0.5, 0.6) is 0 Å². The third-order valence-electron chi connectivity index (χ3n) is 5.03. The van der Waals surface area contributed by atoms with E-state index in [1.54, 1.807) is 4.68 Å². The lowest BCUT2D eigenvalue weighted by Crippen LogP contribution is -2.19. The summed E-state index contributed by atoms with van der Waals surface area (Å²) >= 11 is 0. The van der Waals surface area contributed by atoms with Gasteiger partial charge in [-0.2, -0.15) is 5.10 Å². The number of rotatable bonds is 3. The lowest BCUT2D eigenvalue weighted by Gasteiger charge is -2.16. The molecule has 24 heavy (non-hydrogen) atoms. The SMILES string of the molecule is Cn1nc(Cc2ccc(CN)cc2)c2c3c(c(=O)[nH]c21)CCCC3. The number of hydrogen-bond donors (Lipinski definition) is 2. The number of benzene rings is 1. The van der Waals surface area contributed by atoms with Crippen molar-refractivity contribution in [1.29, 1.82) is 0 Å². The Morgan fingerprint density at radius 3 is 2.50 bits per heavy atom. The maximum absolute atomic E-state index is 12.4. The van der Waals surface area contributed by atoms with E-state index < -0.39 is 0 Å². The molecule has 0 bridgehead atoms. The normalized spacial score (nSPS) is 14.1. The van der Waals surface area contributed by atoms with Crippen LogP contribution >= 0.6 is 0 Å². The molecule has 0 radical (unpaired) electrons. The number of hydrogen-bond acceptors (Lipinski definition) is 3. The highest BCUT2D eigenvalue weighted by Crippen LogP contribution is 2.29. The number of pyridine rings is 1. The second kappa shape index (κ2) is 5.91. The van der Waals surface area contributed by atoms with Crippen LogP contribution in [0.25, 0.3) is 11.0 Å².